The average molecular weight is 366 g/mol. The number of hydrogen-bond acceptors (Lipinski definition) is 5. The lowest BCUT2D eigenvalue weighted by Gasteiger charge is -2.08. The standard InChI is InChI=1S/C15H11FN2O4S2/c16-12-2-6-15(7-3-12)24(21,22)18-13-4-8-14(9-5-13)23(19,20)11-1-10-17/h1-9,11,18H. The Morgan fingerprint density at radius 1 is 0.917 bits per heavy atom. The zero-order valence-electron chi connectivity index (χ0n) is 12.0. The molecule has 0 saturated carbocycles. The minimum Gasteiger partial charge on any atom is -0.280 e. The number of sulfone groups is 1. The first-order valence-electron chi connectivity index (χ1n) is 6.44. The number of nitrogens with zero attached hydrogens (tertiary/aromatic N) is 1. The summed E-state index contributed by atoms with van der Waals surface area (Å²) in [6, 6.07) is 10.8. The predicted molar refractivity (Wildman–Crippen MR) is 85.6 cm³/mol. The van der Waals surface area contributed by atoms with Gasteiger partial charge in [-0.3, -0.25) is 4.72 Å². The van der Waals surface area contributed by atoms with Crippen LogP contribution in [0.25, 0.3) is 0 Å². The van der Waals surface area contributed by atoms with Crippen molar-refractivity contribution in [3.05, 3.63) is 65.8 Å². The molecule has 0 spiro atoms. The molecule has 2 aromatic rings. The summed E-state index contributed by atoms with van der Waals surface area (Å²) in [7, 11) is -7.68. The molecule has 0 aliphatic heterocycles. The summed E-state index contributed by atoms with van der Waals surface area (Å²) >= 11 is 0. The Bertz CT molecular complexity index is 1000. The van der Waals surface area contributed by atoms with Gasteiger partial charge in [0.05, 0.1) is 15.9 Å². The maximum Gasteiger partial charge on any atom is 0.261 e. The van der Waals surface area contributed by atoms with Crippen molar-refractivity contribution in [2.45, 2.75) is 9.79 Å². The lowest BCUT2D eigenvalue weighted by atomic mass is 10.3. The molecule has 24 heavy (non-hydrogen) atoms. The second-order valence-electron chi connectivity index (χ2n) is 4.56. The van der Waals surface area contributed by atoms with Crippen LogP contribution >= 0.6 is 0 Å². The Balaban J connectivity index is 2.25. The minimum absolute atomic E-state index is 0.0845. The van der Waals surface area contributed by atoms with Crippen LogP contribution in [0.5, 0.6) is 0 Å². The minimum atomic E-state index is -3.92. The summed E-state index contributed by atoms with van der Waals surface area (Å²) in [5, 5.41) is 9.13. The van der Waals surface area contributed by atoms with Crippen molar-refractivity contribution in [3.8, 4) is 6.07 Å². The lowest BCUT2D eigenvalue weighted by molar-refractivity contribution is 0.599. The molecule has 0 aliphatic rings. The SMILES string of the molecule is N#CC=CS(=O)(=O)c1ccc(NS(=O)(=O)c2ccc(F)cc2)cc1. The molecule has 0 atom stereocenters. The van der Waals surface area contributed by atoms with Crippen molar-refractivity contribution in [2.24, 2.45) is 0 Å². The molecule has 6 nitrogen and oxygen atoms in total. The van der Waals surface area contributed by atoms with E-state index in [1.165, 1.54) is 24.3 Å². The van der Waals surface area contributed by atoms with Gasteiger partial charge in [-0.1, -0.05) is 0 Å². The van der Waals surface area contributed by atoms with Crippen LogP contribution < -0.4 is 4.72 Å². The van der Waals surface area contributed by atoms with Gasteiger partial charge in [0.25, 0.3) is 10.0 Å². The Morgan fingerprint density at radius 2 is 1.46 bits per heavy atom. The van der Waals surface area contributed by atoms with E-state index in [0.29, 0.717) is 0 Å². The molecule has 0 bridgehead atoms. The number of nitrogens with one attached hydrogen (secondary N) is 1. The highest BCUT2D eigenvalue weighted by atomic mass is 32.2. The summed E-state index contributed by atoms with van der Waals surface area (Å²) in [5.74, 6) is -0.561. The summed E-state index contributed by atoms with van der Waals surface area (Å²) in [4.78, 5) is -0.212. The van der Waals surface area contributed by atoms with Crippen LogP contribution in [0.3, 0.4) is 0 Å². The molecule has 0 heterocycles. The third-order valence-corrected chi connectivity index (χ3v) is 5.70. The highest BCUT2D eigenvalue weighted by Gasteiger charge is 2.15. The maximum atomic E-state index is 12.8. The van der Waals surface area contributed by atoms with Gasteiger partial charge in [-0.05, 0) is 48.5 Å². The average Bonchev–Trinajstić information content (AvgIpc) is 2.53. The van der Waals surface area contributed by atoms with Gasteiger partial charge in [0.1, 0.15) is 5.82 Å². The first-order chi connectivity index (χ1) is 11.2. The van der Waals surface area contributed by atoms with Crippen LogP contribution in [0.1, 0.15) is 0 Å². The van der Waals surface area contributed by atoms with Crippen molar-refractivity contribution < 1.29 is 21.2 Å². The molecular formula is C15H11FN2O4S2. The Labute approximate surface area is 138 Å². The lowest BCUT2D eigenvalue weighted by Crippen LogP contribution is -2.13. The van der Waals surface area contributed by atoms with Crippen LogP contribution in [0.15, 0.2) is 69.8 Å². The molecule has 0 fully saturated rings. The van der Waals surface area contributed by atoms with Crippen molar-refractivity contribution in [1.82, 2.24) is 0 Å². The molecule has 2 rings (SSSR count). The summed E-state index contributed by atoms with van der Waals surface area (Å²) in [5.41, 5.74) is 0.141. The third kappa shape index (κ3) is 4.18. The number of benzene rings is 2. The van der Waals surface area contributed by atoms with Crippen molar-refractivity contribution >= 4 is 25.5 Å². The largest absolute Gasteiger partial charge is 0.280 e. The number of allylic oxidation sites excluding steroid dienone is 1. The number of anilines is 1. The van der Waals surface area contributed by atoms with Crippen LogP contribution in [0.2, 0.25) is 0 Å². The molecule has 124 valence electrons. The van der Waals surface area contributed by atoms with Gasteiger partial charge in [-0.15, -0.1) is 0 Å². The van der Waals surface area contributed by atoms with Crippen LogP contribution in [0.4, 0.5) is 10.1 Å². The molecule has 1 N–H and O–H groups in total. The molecule has 0 unspecified atom stereocenters. The molecule has 0 aliphatic carbocycles. The van der Waals surface area contributed by atoms with Gasteiger partial charge < -0.3 is 0 Å². The van der Waals surface area contributed by atoms with Gasteiger partial charge in [0.2, 0.25) is 9.84 Å². The maximum absolute atomic E-state index is 12.8. The van der Waals surface area contributed by atoms with E-state index >= 15 is 0 Å². The van der Waals surface area contributed by atoms with E-state index in [9.17, 15) is 21.2 Å². The number of halogens is 1. The summed E-state index contributed by atoms with van der Waals surface area (Å²) in [6.07, 6.45) is 0.834. The highest BCUT2D eigenvalue weighted by molar-refractivity contribution is 7.94. The van der Waals surface area contributed by atoms with E-state index in [-0.39, 0.29) is 15.5 Å². The van der Waals surface area contributed by atoms with Crippen molar-refractivity contribution in [3.63, 3.8) is 0 Å². The Kier molecular flexibility index (Phi) is 5.02. The molecule has 2 aromatic carbocycles. The molecule has 0 aromatic heterocycles. The topological polar surface area (TPSA) is 104 Å². The highest BCUT2D eigenvalue weighted by Crippen LogP contribution is 2.19. The molecule has 0 saturated heterocycles. The van der Waals surface area contributed by atoms with E-state index in [0.717, 1.165) is 35.7 Å². The number of sulfonamides is 1. The number of hydrogen-bond donors (Lipinski definition) is 1. The van der Waals surface area contributed by atoms with Crippen LogP contribution in [-0.2, 0) is 19.9 Å². The number of rotatable bonds is 5. The van der Waals surface area contributed by atoms with Crippen molar-refractivity contribution in [2.75, 3.05) is 4.72 Å². The second-order valence-corrected chi connectivity index (χ2v) is 8.08. The fourth-order valence-electron chi connectivity index (χ4n) is 1.74. The fraction of sp³-hybridized carbons (Fsp3) is 0. The molecular weight excluding hydrogens is 355 g/mol. The van der Waals surface area contributed by atoms with Crippen LogP contribution in [0, 0.1) is 17.1 Å². The van der Waals surface area contributed by atoms with E-state index in [1.807, 2.05) is 0 Å². The molecule has 0 radical (unpaired) electrons. The zero-order valence-corrected chi connectivity index (χ0v) is 13.7. The fourth-order valence-corrected chi connectivity index (χ4v) is 3.71. The van der Waals surface area contributed by atoms with Crippen LogP contribution in [-0.4, -0.2) is 16.8 Å². The van der Waals surface area contributed by atoms with E-state index in [4.69, 9.17) is 5.26 Å². The normalized spacial score (nSPS) is 12.0. The van der Waals surface area contributed by atoms with E-state index in [1.54, 1.807) is 6.07 Å². The monoisotopic (exact) mass is 366 g/mol. The first kappa shape index (κ1) is 17.7. The quantitative estimate of drug-likeness (QED) is 0.819. The van der Waals surface area contributed by atoms with Crippen molar-refractivity contribution in [1.29, 1.82) is 5.26 Å². The Morgan fingerprint density at radius 3 is 2.00 bits per heavy atom. The number of nitriles is 1. The van der Waals surface area contributed by atoms with Gasteiger partial charge >= 0.3 is 0 Å². The first-order valence-corrected chi connectivity index (χ1v) is 9.47. The predicted octanol–water partition coefficient (Wildman–Crippen LogP) is 2.44. The van der Waals surface area contributed by atoms with Gasteiger partial charge in [-0.25, -0.2) is 21.2 Å². The van der Waals surface area contributed by atoms with E-state index in [2.05, 4.69) is 4.72 Å². The van der Waals surface area contributed by atoms with Gasteiger partial charge in [0, 0.05) is 17.2 Å². The molecule has 0 amide bonds. The molecule has 9 heteroatoms. The summed E-state index contributed by atoms with van der Waals surface area (Å²) in [6.45, 7) is 0. The van der Waals surface area contributed by atoms with E-state index < -0.39 is 25.7 Å². The third-order valence-electron chi connectivity index (χ3n) is 2.88. The second kappa shape index (κ2) is 6.82. The smallest absolute Gasteiger partial charge is 0.261 e. The summed E-state index contributed by atoms with van der Waals surface area (Å²) < 4.78 is 63.0. The van der Waals surface area contributed by atoms with Gasteiger partial charge in [-0.2, -0.15) is 5.26 Å². The zero-order chi connectivity index (χ0) is 17.8. The van der Waals surface area contributed by atoms with Gasteiger partial charge in [0.15, 0.2) is 0 Å². The Hall–Kier alpha value is -2.70.